The number of carbonyl (C=O) groups is 1. The Hall–Kier alpha value is -4.24. The molecule has 0 bridgehead atoms. The van der Waals surface area contributed by atoms with Gasteiger partial charge in [0.25, 0.3) is 0 Å². The van der Waals surface area contributed by atoms with Gasteiger partial charge >= 0.3 is 6.09 Å². The van der Waals surface area contributed by atoms with Crippen LogP contribution in [0.25, 0.3) is 22.0 Å². The van der Waals surface area contributed by atoms with E-state index in [0.29, 0.717) is 41.6 Å². The fraction of sp³-hybridized carbons (Fsp3) is 0.286. The zero-order valence-corrected chi connectivity index (χ0v) is 21.0. The molecule has 0 saturated carbocycles. The molecule has 37 heavy (non-hydrogen) atoms. The smallest absolute Gasteiger partial charge is 0.412 e. The molecule has 3 heterocycles. The largest absolute Gasteiger partial charge is 0.437 e. The number of rotatable bonds is 7. The summed E-state index contributed by atoms with van der Waals surface area (Å²) >= 11 is 0. The molecule has 9 heteroatoms. The molecule has 9 nitrogen and oxygen atoms in total. The first-order valence-corrected chi connectivity index (χ1v) is 12.5. The number of hydrogen-bond donors (Lipinski definition) is 3. The van der Waals surface area contributed by atoms with Gasteiger partial charge in [-0.15, -0.1) is 0 Å². The van der Waals surface area contributed by atoms with Crippen molar-refractivity contribution in [3.05, 3.63) is 66.5 Å². The lowest BCUT2D eigenvalue weighted by Crippen LogP contribution is -2.38. The Morgan fingerprint density at radius 1 is 1.08 bits per heavy atom. The van der Waals surface area contributed by atoms with Crippen LogP contribution >= 0.6 is 0 Å². The fourth-order valence-corrected chi connectivity index (χ4v) is 4.41. The van der Waals surface area contributed by atoms with Crippen LogP contribution in [0.4, 0.5) is 10.7 Å². The molecule has 2 aromatic heterocycles. The summed E-state index contributed by atoms with van der Waals surface area (Å²) in [4.78, 5) is 25.8. The highest BCUT2D eigenvalue weighted by molar-refractivity contribution is 5.95. The van der Waals surface area contributed by atoms with Crippen LogP contribution < -0.4 is 25.4 Å². The molecule has 0 radical (unpaired) electrons. The molecule has 0 aliphatic carbocycles. The summed E-state index contributed by atoms with van der Waals surface area (Å²) < 4.78 is 12.0. The lowest BCUT2D eigenvalue weighted by Gasteiger charge is -2.23. The number of ether oxygens (including phenoxy) is 2. The van der Waals surface area contributed by atoms with Crippen LogP contribution in [0, 0.1) is 6.92 Å². The van der Waals surface area contributed by atoms with Crippen molar-refractivity contribution in [2.24, 2.45) is 0 Å². The number of aromatic nitrogens is 3. The van der Waals surface area contributed by atoms with E-state index in [1.807, 2.05) is 56.3 Å². The van der Waals surface area contributed by atoms with E-state index in [2.05, 4.69) is 25.9 Å². The number of nitrogens with zero attached hydrogens (tertiary/aromatic N) is 3. The van der Waals surface area contributed by atoms with Crippen molar-refractivity contribution in [1.82, 2.24) is 25.6 Å². The minimum absolute atomic E-state index is 0.294. The summed E-state index contributed by atoms with van der Waals surface area (Å²) in [6, 6.07) is 15.3. The number of carbonyl (C=O) groups excluding carboxylic acids is 1. The first-order valence-electron chi connectivity index (χ1n) is 12.5. The molecule has 1 atom stereocenters. The van der Waals surface area contributed by atoms with Crippen molar-refractivity contribution in [2.45, 2.75) is 32.7 Å². The molecule has 5 rings (SSSR count). The van der Waals surface area contributed by atoms with Gasteiger partial charge in [-0.2, -0.15) is 0 Å². The molecular formula is C28H30N6O3. The van der Waals surface area contributed by atoms with Crippen molar-refractivity contribution in [3.8, 4) is 28.6 Å². The molecule has 0 spiro atoms. The van der Waals surface area contributed by atoms with Crippen molar-refractivity contribution in [2.75, 3.05) is 25.0 Å². The Labute approximate surface area is 215 Å². The third-order valence-electron chi connectivity index (χ3n) is 6.22. The van der Waals surface area contributed by atoms with Gasteiger partial charge in [0.1, 0.15) is 11.5 Å². The maximum absolute atomic E-state index is 12.1. The first-order chi connectivity index (χ1) is 18.1. The predicted octanol–water partition coefficient (Wildman–Crippen LogP) is 5.06. The summed E-state index contributed by atoms with van der Waals surface area (Å²) in [5.74, 6) is 2.10. The van der Waals surface area contributed by atoms with Gasteiger partial charge < -0.3 is 25.4 Å². The highest BCUT2D eigenvalue weighted by Gasteiger charge is 2.18. The number of benzene rings is 2. The number of fused-ring (bicyclic) bond motifs is 1. The number of anilines is 1. The minimum Gasteiger partial charge on any atom is -0.437 e. The van der Waals surface area contributed by atoms with Gasteiger partial charge in [0.2, 0.25) is 11.8 Å². The number of hydrogen-bond acceptors (Lipinski definition) is 8. The van der Waals surface area contributed by atoms with E-state index >= 15 is 0 Å². The van der Waals surface area contributed by atoms with Gasteiger partial charge in [-0.25, -0.2) is 19.7 Å². The number of aryl methyl sites for hydroxylation is 1. The molecular weight excluding hydrogens is 468 g/mol. The van der Waals surface area contributed by atoms with Gasteiger partial charge in [0.15, 0.2) is 0 Å². The normalized spacial score (nSPS) is 15.2. The number of amides is 1. The van der Waals surface area contributed by atoms with E-state index in [4.69, 9.17) is 14.5 Å². The van der Waals surface area contributed by atoms with E-state index in [9.17, 15) is 4.79 Å². The number of piperidine rings is 1. The maximum atomic E-state index is 12.1. The predicted molar refractivity (Wildman–Crippen MR) is 143 cm³/mol. The Morgan fingerprint density at radius 3 is 2.84 bits per heavy atom. The second kappa shape index (κ2) is 11.2. The first kappa shape index (κ1) is 24.5. The van der Waals surface area contributed by atoms with Crippen LogP contribution in [0.2, 0.25) is 0 Å². The quantitative estimate of drug-likeness (QED) is 0.324. The maximum Gasteiger partial charge on any atom is 0.412 e. The molecule has 1 aliphatic heterocycles. The Bertz CT molecular complexity index is 1400. The Balaban J connectivity index is 1.47. The molecule has 1 saturated heterocycles. The summed E-state index contributed by atoms with van der Waals surface area (Å²) in [6.07, 6.45) is 5.14. The van der Waals surface area contributed by atoms with E-state index in [1.54, 1.807) is 18.5 Å². The van der Waals surface area contributed by atoms with Crippen LogP contribution in [-0.4, -0.2) is 46.7 Å². The zero-order valence-electron chi connectivity index (χ0n) is 21.0. The van der Waals surface area contributed by atoms with E-state index in [-0.39, 0.29) is 0 Å². The topological polar surface area (TPSA) is 110 Å². The van der Waals surface area contributed by atoms with Gasteiger partial charge in [-0.05, 0) is 63.1 Å². The minimum atomic E-state index is -0.498. The van der Waals surface area contributed by atoms with Gasteiger partial charge in [-0.3, -0.25) is 0 Å². The van der Waals surface area contributed by atoms with Crippen LogP contribution in [0.3, 0.4) is 0 Å². The highest BCUT2D eigenvalue weighted by Crippen LogP contribution is 2.39. The number of nitrogens with one attached hydrogen (secondary N) is 3. The Kier molecular flexibility index (Phi) is 7.41. The van der Waals surface area contributed by atoms with E-state index in [1.165, 1.54) is 0 Å². The van der Waals surface area contributed by atoms with Crippen molar-refractivity contribution in [1.29, 1.82) is 0 Å². The van der Waals surface area contributed by atoms with Crippen LogP contribution in [-0.2, 0) is 0 Å². The van der Waals surface area contributed by atoms with Gasteiger partial charge in [-0.1, -0.05) is 24.3 Å². The molecule has 1 aliphatic rings. The molecule has 1 fully saturated rings. The Morgan fingerprint density at radius 2 is 2.00 bits per heavy atom. The van der Waals surface area contributed by atoms with Crippen molar-refractivity contribution < 1.29 is 14.3 Å². The summed E-state index contributed by atoms with van der Waals surface area (Å²) in [5.41, 5.74) is 2.39. The monoisotopic (exact) mass is 498 g/mol. The molecule has 2 aromatic carbocycles. The van der Waals surface area contributed by atoms with Gasteiger partial charge in [0.05, 0.1) is 11.3 Å². The molecule has 3 N–H and O–H groups in total. The van der Waals surface area contributed by atoms with Crippen molar-refractivity contribution in [3.63, 3.8) is 0 Å². The fourth-order valence-electron chi connectivity index (χ4n) is 4.41. The highest BCUT2D eigenvalue weighted by atomic mass is 16.6. The van der Waals surface area contributed by atoms with E-state index in [0.717, 1.165) is 47.8 Å². The molecule has 190 valence electrons. The van der Waals surface area contributed by atoms with Gasteiger partial charge in [0, 0.05) is 42.3 Å². The zero-order chi connectivity index (χ0) is 25.6. The third-order valence-corrected chi connectivity index (χ3v) is 6.22. The lowest BCUT2D eigenvalue weighted by atomic mass is 10.0. The molecule has 0 unspecified atom stereocenters. The lowest BCUT2D eigenvalue weighted by molar-refractivity contribution is 0.201. The summed E-state index contributed by atoms with van der Waals surface area (Å²) in [5, 5.41) is 11.1. The third kappa shape index (κ3) is 5.62. The van der Waals surface area contributed by atoms with Crippen LogP contribution in [0.15, 0.2) is 60.9 Å². The SMILES string of the molecule is CCNC(=O)Oc1cccc2c(Oc3ncccc3-c3ccnc(N[C@H]4CCCNC4)n3)c(C)ccc12. The van der Waals surface area contributed by atoms with E-state index < -0.39 is 6.09 Å². The average molecular weight is 499 g/mol. The summed E-state index contributed by atoms with van der Waals surface area (Å²) in [7, 11) is 0. The summed E-state index contributed by atoms with van der Waals surface area (Å²) in [6.45, 7) is 6.23. The van der Waals surface area contributed by atoms with Crippen molar-refractivity contribution >= 4 is 22.8 Å². The molecule has 4 aromatic rings. The van der Waals surface area contributed by atoms with Crippen LogP contribution in [0.5, 0.6) is 17.4 Å². The second-order valence-electron chi connectivity index (χ2n) is 8.89. The van der Waals surface area contributed by atoms with Crippen LogP contribution in [0.1, 0.15) is 25.3 Å². The molecule has 1 amide bonds. The second-order valence-corrected chi connectivity index (χ2v) is 8.89. The average Bonchev–Trinajstić information content (AvgIpc) is 2.91. The standard InChI is InChI=1S/C28H30N6O3/c1-3-30-28(35)36-24-10-4-8-21-20(24)12-11-18(2)25(21)37-26-22(9-6-15-31-26)23-13-16-32-27(34-23)33-19-7-5-14-29-17-19/h4,6,8-13,15-16,19,29H,3,5,7,14,17H2,1-2H3,(H,30,35)(H,32,33,34)/t19-/m0/s1. The number of pyridine rings is 1.